The van der Waals surface area contributed by atoms with Gasteiger partial charge in [-0.2, -0.15) is 0 Å². The van der Waals surface area contributed by atoms with E-state index in [1.165, 1.54) is 6.20 Å². The lowest BCUT2D eigenvalue weighted by Crippen LogP contribution is -2.14. The van der Waals surface area contributed by atoms with Crippen molar-refractivity contribution in [3.63, 3.8) is 0 Å². The fourth-order valence-corrected chi connectivity index (χ4v) is 1.30. The molecule has 2 rings (SSSR count). The molecule has 0 spiro atoms. The lowest BCUT2D eigenvalue weighted by Gasteiger charge is -2.03. The molecule has 0 aliphatic carbocycles. The number of imidazole rings is 1. The molecule has 1 aromatic carbocycles. The number of carbonyl (C=O) groups excluding carboxylic acids is 2. The molecule has 0 fully saturated rings. The van der Waals surface area contributed by atoms with Crippen LogP contribution in [-0.4, -0.2) is 21.8 Å². The second kappa shape index (κ2) is 4.48. The number of carbonyl (C=O) groups is 2. The van der Waals surface area contributed by atoms with Crippen molar-refractivity contribution in [2.75, 3.05) is 5.32 Å². The summed E-state index contributed by atoms with van der Waals surface area (Å²) in [7, 11) is 0. The number of aromatic nitrogens is 2. The van der Waals surface area contributed by atoms with Gasteiger partial charge in [-0.3, -0.25) is 9.59 Å². The number of anilines is 1. The fourth-order valence-electron chi connectivity index (χ4n) is 1.30. The van der Waals surface area contributed by atoms with Crippen molar-refractivity contribution in [1.82, 2.24) is 9.97 Å². The Morgan fingerprint density at radius 2 is 1.94 bits per heavy atom. The summed E-state index contributed by atoms with van der Waals surface area (Å²) in [6.45, 7) is 0. The number of hydrogen-bond acceptors (Lipinski definition) is 3. The van der Waals surface area contributed by atoms with Gasteiger partial charge in [0.2, 0.25) is 5.91 Å². The van der Waals surface area contributed by atoms with Gasteiger partial charge in [0.05, 0.1) is 0 Å². The summed E-state index contributed by atoms with van der Waals surface area (Å²) >= 11 is 0. The molecule has 1 heterocycles. The molecule has 0 radical (unpaired) electrons. The van der Waals surface area contributed by atoms with Gasteiger partial charge in [0.1, 0.15) is 0 Å². The second-order valence-electron chi connectivity index (χ2n) is 3.33. The molecule has 17 heavy (non-hydrogen) atoms. The van der Waals surface area contributed by atoms with Gasteiger partial charge >= 0.3 is 0 Å². The summed E-state index contributed by atoms with van der Waals surface area (Å²) in [6.07, 6.45) is 3.05. The zero-order chi connectivity index (χ0) is 12.3. The van der Waals surface area contributed by atoms with Gasteiger partial charge in [-0.25, -0.2) is 4.98 Å². The Hall–Kier alpha value is -2.63. The lowest BCUT2D eigenvalue weighted by molar-refractivity contribution is 0.0997. The first kappa shape index (κ1) is 10.9. The molecule has 2 aromatic rings. The van der Waals surface area contributed by atoms with Gasteiger partial charge < -0.3 is 16.0 Å². The average molecular weight is 230 g/mol. The van der Waals surface area contributed by atoms with E-state index < -0.39 is 5.91 Å². The van der Waals surface area contributed by atoms with Crippen molar-refractivity contribution >= 4 is 17.5 Å². The molecule has 0 atom stereocenters. The minimum Gasteiger partial charge on any atom is -0.366 e. The number of hydrogen-bond donors (Lipinski definition) is 3. The van der Waals surface area contributed by atoms with Crippen LogP contribution in [0.15, 0.2) is 36.7 Å². The molecule has 1 aromatic heterocycles. The molecule has 0 unspecified atom stereocenters. The van der Waals surface area contributed by atoms with Crippen LogP contribution in [0.1, 0.15) is 21.0 Å². The Labute approximate surface area is 96.9 Å². The zero-order valence-corrected chi connectivity index (χ0v) is 8.81. The maximum Gasteiger partial charge on any atom is 0.291 e. The van der Waals surface area contributed by atoms with Crippen molar-refractivity contribution < 1.29 is 9.59 Å². The van der Waals surface area contributed by atoms with E-state index in [0.29, 0.717) is 11.3 Å². The number of benzene rings is 1. The molecule has 4 N–H and O–H groups in total. The fraction of sp³-hybridized carbons (Fsp3) is 0. The standard InChI is InChI=1S/C11H10N4O2/c12-9(16)7-1-3-8(4-2-7)15-11(17)10-13-5-6-14-10/h1-6H,(H2,12,16)(H,13,14)(H,15,17). The summed E-state index contributed by atoms with van der Waals surface area (Å²) in [5.74, 6) is -0.625. The molecule has 0 aliphatic heterocycles. The number of amides is 2. The third-order valence-electron chi connectivity index (χ3n) is 2.14. The maximum absolute atomic E-state index is 11.6. The van der Waals surface area contributed by atoms with Crippen LogP contribution in [0.2, 0.25) is 0 Å². The van der Waals surface area contributed by atoms with Crippen LogP contribution >= 0.6 is 0 Å². The Morgan fingerprint density at radius 1 is 1.24 bits per heavy atom. The zero-order valence-electron chi connectivity index (χ0n) is 8.81. The first-order valence-electron chi connectivity index (χ1n) is 4.87. The van der Waals surface area contributed by atoms with Crippen molar-refractivity contribution in [2.24, 2.45) is 5.73 Å². The summed E-state index contributed by atoms with van der Waals surface area (Å²) in [5.41, 5.74) is 6.06. The van der Waals surface area contributed by atoms with Crippen molar-refractivity contribution in [3.8, 4) is 0 Å². The van der Waals surface area contributed by atoms with E-state index in [4.69, 9.17) is 5.73 Å². The van der Waals surface area contributed by atoms with Crippen LogP contribution in [-0.2, 0) is 0 Å². The first-order chi connectivity index (χ1) is 8.16. The third kappa shape index (κ3) is 2.49. The Morgan fingerprint density at radius 3 is 2.47 bits per heavy atom. The normalized spacial score (nSPS) is 9.88. The molecular formula is C11H10N4O2. The predicted octanol–water partition coefficient (Wildman–Crippen LogP) is 0.761. The van der Waals surface area contributed by atoms with E-state index in [0.717, 1.165) is 0 Å². The highest BCUT2D eigenvalue weighted by Gasteiger charge is 2.08. The molecule has 0 saturated carbocycles. The van der Waals surface area contributed by atoms with Crippen molar-refractivity contribution in [1.29, 1.82) is 0 Å². The largest absolute Gasteiger partial charge is 0.366 e. The molecule has 0 saturated heterocycles. The van der Waals surface area contributed by atoms with E-state index in [-0.39, 0.29) is 11.7 Å². The average Bonchev–Trinajstić information content (AvgIpc) is 2.83. The lowest BCUT2D eigenvalue weighted by atomic mass is 10.2. The molecule has 86 valence electrons. The summed E-state index contributed by atoms with van der Waals surface area (Å²) in [5, 5.41) is 2.63. The van der Waals surface area contributed by atoms with E-state index in [1.54, 1.807) is 30.5 Å². The van der Waals surface area contributed by atoms with Crippen LogP contribution in [0.3, 0.4) is 0 Å². The third-order valence-corrected chi connectivity index (χ3v) is 2.14. The SMILES string of the molecule is NC(=O)c1ccc(NC(=O)c2ncc[nH]2)cc1. The van der Waals surface area contributed by atoms with Gasteiger partial charge in [0.15, 0.2) is 5.82 Å². The van der Waals surface area contributed by atoms with Crippen LogP contribution in [0.5, 0.6) is 0 Å². The van der Waals surface area contributed by atoms with Crippen molar-refractivity contribution in [3.05, 3.63) is 48.0 Å². The predicted molar refractivity (Wildman–Crippen MR) is 61.5 cm³/mol. The summed E-state index contributed by atoms with van der Waals surface area (Å²) in [4.78, 5) is 28.9. The number of primary amides is 1. The highest BCUT2D eigenvalue weighted by molar-refractivity contribution is 6.02. The number of nitrogens with zero attached hydrogens (tertiary/aromatic N) is 1. The molecule has 0 bridgehead atoms. The van der Waals surface area contributed by atoms with E-state index in [2.05, 4.69) is 15.3 Å². The van der Waals surface area contributed by atoms with Gasteiger partial charge in [-0.1, -0.05) is 0 Å². The van der Waals surface area contributed by atoms with Crippen LogP contribution < -0.4 is 11.1 Å². The monoisotopic (exact) mass is 230 g/mol. The number of nitrogens with one attached hydrogen (secondary N) is 2. The molecule has 2 amide bonds. The summed E-state index contributed by atoms with van der Waals surface area (Å²) in [6, 6.07) is 6.28. The van der Waals surface area contributed by atoms with Crippen LogP contribution in [0, 0.1) is 0 Å². The molecule has 6 nitrogen and oxygen atoms in total. The number of nitrogens with two attached hydrogens (primary N) is 1. The number of H-pyrrole nitrogens is 1. The minimum absolute atomic E-state index is 0.226. The topological polar surface area (TPSA) is 101 Å². The quantitative estimate of drug-likeness (QED) is 0.725. The van der Waals surface area contributed by atoms with Gasteiger partial charge in [-0.15, -0.1) is 0 Å². The van der Waals surface area contributed by atoms with Crippen molar-refractivity contribution in [2.45, 2.75) is 0 Å². The molecular weight excluding hydrogens is 220 g/mol. The smallest absolute Gasteiger partial charge is 0.291 e. The minimum atomic E-state index is -0.506. The highest BCUT2D eigenvalue weighted by atomic mass is 16.2. The second-order valence-corrected chi connectivity index (χ2v) is 3.33. The van der Waals surface area contributed by atoms with Crippen LogP contribution in [0.4, 0.5) is 5.69 Å². The first-order valence-corrected chi connectivity index (χ1v) is 4.87. The number of aromatic amines is 1. The maximum atomic E-state index is 11.6. The van der Waals surface area contributed by atoms with Gasteiger partial charge in [-0.05, 0) is 24.3 Å². The Balaban J connectivity index is 2.09. The Bertz CT molecular complexity index is 531. The molecule has 6 heteroatoms. The number of rotatable bonds is 3. The van der Waals surface area contributed by atoms with E-state index in [1.807, 2.05) is 0 Å². The highest BCUT2D eigenvalue weighted by Crippen LogP contribution is 2.09. The molecule has 0 aliphatic rings. The Kier molecular flexibility index (Phi) is 2.87. The van der Waals surface area contributed by atoms with E-state index in [9.17, 15) is 9.59 Å². The van der Waals surface area contributed by atoms with Gasteiger partial charge in [0.25, 0.3) is 5.91 Å². The summed E-state index contributed by atoms with van der Waals surface area (Å²) < 4.78 is 0. The van der Waals surface area contributed by atoms with Gasteiger partial charge in [0, 0.05) is 23.6 Å². The van der Waals surface area contributed by atoms with E-state index >= 15 is 0 Å². The van der Waals surface area contributed by atoms with Crippen LogP contribution in [0.25, 0.3) is 0 Å².